The smallest absolute Gasteiger partial charge is 0.322 e. The first kappa shape index (κ1) is 22.2. The quantitative estimate of drug-likeness (QED) is 0.613. The fraction of sp³-hybridized carbons (Fsp3) is 0.478. The summed E-state index contributed by atoms with van der Waals surface area (Å²) >= 11 is 0. The Morgan fingerprint density at radius 1 is 1.19 bits per heavy atom. The second-order valence-corrected chi connectivity index (χ2v) is 7.93. The summed E-state index contributed by atoms with van der Waals surface area (Å²) < 4.78 is 16.3. The summed E-state index contributed by atoms with van der Waals surface area (Å²) in [4.78, 5) is 32.3. The summed E-state index contributed by atoms with van der Waals surface area (Å²) in [5.74, 6) is 1.14. The molecule has 3 heterocycles. The molecule has 0 bridgehead atoms. The second kappa shape index (κ2) is 9.62. The molecule has 3 amide bonds. The van der Waals surface area contributed by atoms with E-state index in [9.17, 15) is 9.59 Å². The number of nitrogens with zero attached hydrogens (tertiary/aromatic N) is 3. The van der Waals surface area contributed by atoms with Crippen molar-refractivity contribution in [2.45, 2.75) is 6.04 Å². The van der Waals surface area contributed by atoms with E-state index in [2.05, 4.69) is 16.8 Å². The summed E-state index contributed by atoms with van der Waals surface area (Å²) in [6, 6.07) is 4.50. The zero-order valence-electron chi connectivity index (χ0n) is 18.6. The molecular weight excluding hydrogens is 412 g/mol. The number of nitrogens with one attached hydrogen (secondary N) is 1. The fourth-order valence-corrected chi connectivity index (χ4v) is 4.44. The number of amides is 3. The summed E-state index contributed by atoms with van der Waals surface area (Å²) in [5.41, 5.74) is 1.98. The van der Waals surface area contributed by atoms with Crippen LogP contribution < -0.4 is 14.8 Å². The average Bonchev–Trinajstić information content (AvgIpc) is 3.15. The third-order valence-corrected chi connectivity index (χ3v) is 6.15. The van der Waals surface area contributed by atoms with Gasteiger partial charge in [-0.2, -0.15) is 0 Å². The Morgan fingerprint density at radius 2 is 1.97 bits per heavy atom. The zero-order chi connectivity index (χ0) is 22.7. The molecule has 1 aromatic rings. The van der Waals surface area contributed by atoms with Gasteiger partial charge in [0.25, 0.3) is 5.91 Å². The SMILES string of the molecule is C=CCN1C(=O)N[C@H](c2cc(OC)ccc2OC)C2=C1CN(CCN1CCOCC1)C2=O. The van der Waals surface area contributed by atoms with Crippen LogP contribution >= 0.6 is 0 Å². The van der Waals surface area contributed by atoms with Crippen molar-refractivity contribution in [1.29, 1.82) is 0 Å². The minimum Gasteiger partial charge on any atom is -0.497 e. The first-order valence-corrected chi connectivity index (χ1v) is 10.8. The molecule has 1 N–H and O–H groups in total. The normalized spacial score (nSPS) is 21.5. The number of benzene rings is 1. The first-order valence-electron chi connectivity index (χ1n) is 10.8. The standard InChI is InChI=1S/C23H30N4O5/c1-4-7-27-18-15-26(9-8-25-10-12-32-13-11-25)22(28)20(18)21(24-23(27)29)17-14-16(30-2)5-6-19(17)31-3/h4-6,14,21H,1,7-13,15H2,2-3H3,(H,24,29)/t21-/m1/s1. The largest absolute Gasteiger partial charge is 0.497 e. The Morgan fingerprint density at radius 3 is 2.66 bits per heavy atom. The van der Waals surface area contributed by atoms with Gasteiger partial charge in [0.05, 0.1) is 51.3 Å². The molecule has 1 saturated heterocycles. The molecule has 0 aliphatic carbocycles. The molecule has 32 heavy (non-hydrogen) atoms. The van der Waals surface area contributed by atoms with Crippen LogP contribution in [0.3, 0.4) is 0 Å². The van der Waals surface area contributed by atoms with Gasteiger partial charge < -0.3 is 24.4 Å². The van der Waals surface area contributed by atoms with Crippen molar-refractivity contribution in [1.82, 2.24) is 20.0 Å². The van der Waals surface area contributed by atoms with E-state index in [1.54, 1.807) is 43.4 Å². The first-order chi connectivity index (χ1) is 15.6. The molecule has 3 aliphatic rings. The molecule has 9 nitrogen and oxygen atoms in total. The van der Waals surface area contributed by atoms with Crippen molar-refractivity contribution in [2.75, 3.05) is 66.7 Å². The molecule has 1 fully saturated rings. The molecule has 0 spiro atoms. The van der Waals surface area contributed by atoms with Gasteiger partial charge in [0.15, 0.2) is 0 Å². The Hall–Kier alpha value is -3.04. The van der Waals surface area contributed by atoms with Gasteiger partial charge in [-0.05, 0) is 18.2 Å². The molecule has 0 aromatic heterocycles. The number of urea groups is 1. The van der Waals surface area contributed by atoms with Crippen LogP contribution in [0.5, 0.6) is 11.5 Å². The average molecular weight is 443 g/mol. The van der Waals surface area contributed by atoms with Crippen LogP contribution in [0, 0.1) is 0 Å². The van der Waals surface area contributed by atoms with E-state index in [0.717, 1.165) is 25.3 Å². The van der Waals surface area contributed by atoms with Crippen molar-refractivity contribution < 1.29 is 23.8 Å². The lowest BCUT2D eigenvalue weighted by Gasteiger charge is -2.33. The molecule has 172 valence electrons. The number of carbonyl (C=O) groups excluding carboxylic acids is 2. The minimum atomic E-state index is -0.621. The van der Waals surface area contributed by atoms with Gasteiger partial charge in [-0.1, -0.05) is 6.08 Å². The number of methoxy groups -OCH3 is 2. The summed E-state index contributed by atoms with van der Waals surface area (Å²) in [6.07, 6.45) is 1.66. The Kier molecular flexibility index (Phi) is 6.66. The van der Waals surface area contributed by atoms with Gasteiger partial charge in [-0.3, -0.25) is 14.6 Å². The maximum Gasteiger partial charge on any atom is 0.322 e. The Balaban J connectivity index is 1.65. The Labute approximate surface area is 188 Å². The highest BCUT2D eigenvalue weighted by molar-refractivity contribution is 6.01. The molecule has 1 atom stereocenters. The van der Waals surface area contributed by atoms with E-state index in [1.807, 2.05) is 4.90 Å². The third-order valence-electron chi connectivity index (χ3n) is 6.15. The summed E-state index contributed by atoms with van der Waals surface area (Å²) in [7, 11) is 3.15. The van der Waals surface area contributed by atoms with E-state index in [0.29, 0.717) is 55.5 Å². The van der Waals surface area contributed by atoms with Crippen LogP contribution in [0.4, 0.5) is 4.79 Å². The molecule has 9 heteroatoms. The van der Waals surface area contributed by atoms with E-state index in [-0.39, 0.29) is 11.9 Å². The molecule has 4 rings (SSSR count). The molecule has 0 radical (unpaired) electrons. The number of carbonyl (C=O) groups is 2. The zero-order valence-corrected chi connectivity index (χ0v) is 18.6. The van der Waals surface area contributed by atoms with Crippen molar-refractivity contribution in [2.24, 2.45) is 0 Å². The molecular formula is C23H30N4O5. The number of hydrogen-bond donors (Lipinski definition) is 1. The van der Waals surface area contributed by atoms with Gasteiger partial charge in [0.1, 0.15) is 11.5 Å². The lowest BCUT2D eigenvalue weighted by molar-refractivity contribution is -0.126. The van der Waals surface area contributed by atoms with Crippen LogP contribution in [0.2, 0.25) is 0 Å². The summed E-state index contributed by atoms with van der Waals surface area (Å²) in [6.45, 7) is 9.00. The van der Waals surface area contributed by atoms with Crippen LogP contribution in [-0.4, -0.2) is 93.3 Å². The van der Waals surface area contributed by atoms with Crippen LogP contribution in [0.1, 0.15) is 11.6 Å². The second-order valence-electron chi connectivity index (χ2n) is 7.93. The highest BCUT2D eigenvalue weighted by Gasteiger charge is 2.44. The van der Waals surface area contributed by atoms with Crippen LogP contribution in [0.15, 0.2) is 42.1 Å². The van der Waals surface area contributed by atoms with Crippen molar-refractivity contribution in [3.05, 3.63) is 47.7 Å². The van der Waals surface area contributed by atoms with Crippen LogP contribution in [0.25, 0.3) is 0 Å². The number of rotatable bonds is 8. The van der Waals surface area contributed by atoms with Crippen molar-refractivity contribution in [3.8, 4) is 11.5 Å². The fourth-order valence-electron chi connectivity index (χ4n) is 4.44. The predicted octanol–water partition coefficient (Wildman–Crippen LogP) is 1.38. The van der Waals surface area contributed by atoms with E-state index < -0.39 is 6.04 Å². The van der Waals surface area contributed by atoms with E-state index >= 15 is 0 Å². The monoisotopic (exact) mass is 442 g/mol. The van der Waals surface area contributed by atoms with Gasteiger partial charge in [0, 0.05) is 38.3 Å². The predicted molar refractivity (Wildman–Crippen MR) is 119 cm³/mol. The third kappa shape index (κ3) is 4.18. The van der Waals surface area contributed by atoms with Gasteiger partial charge >= 0.3 is 6.03 Å². The van der Waals surface area contributed by atoms with Crippen molar-refractivity contribution >= 4 is 11.9 Å². The maximum absolute atomic E-state index is 13.6. The highest BCUT2D eigenvalue weighted by atomic mass is 16.5. The van der Waals surface area contributed by atoms with Crippen LogP contribution in [-0.2, 0) is 9.53 Å². The van der Waals surface area contributed by atoms with Gasteiger partial charge in [0.2, 0.25) is 0 Å². The van der Waals surface area contributed by atoms with E-state index in [1.165, 1.54) is 0 Å². The highest BCUT2D eigenvalue weighted by Crippen LogP contribution is 2.40. The van der Waals surface area contributed by atoms with Gasteiger partial charge in [-0.15, -0.1) is 6.58 Å². The molecule has 1 aromatic carbocycles. The lowest BCUT2D eigenvalue weighted by atomic mass is 9.94. The minimum absolute atomic E-state index is 0.0720. The maximum atomic E-state index is 13.6. The number of hydrogen-bond acceptors (Lipinski definition) is 6. The van der Waals surface area contributed by atoms with Gasteiger partial charge in [-0.25, -0.2) is 4.79 Å². The van der Waals surface area contributed by atoms with Crippen molar-refractivity contribution in [3.63, 3.8) is 0 Å². The Bertz CT molecular complexity index is 925. The molecule has 0 saturated carbocycles. The molecule has 0 unspecified atom stereocenters. The number of morpholine rings is 1. The molecule has 3 aliphatic heterocycles. The topological polar surface area (TPSA) is 83.6 Å². The number of ether oxygens (including phenoxy) is 3. The lowest BCUT2D eigenvalue weighted by Crippen LogP contribution is -2.47. The summed E-state index contributed by atoms with van der Waals surface area (Å²) in [5, 5.41) is 2.99. The van der Waals surface area contributed by atoms with E-state index in [4.69, 9.17) is 14.2 Å².